The van der Waals surface area contributed by atoms with Crippen LogP contribution in [0.5, 0.6) is 0 Å². The number of hydrogen-bond donors (Lipinski definition) is 1. The lowest BCUT2D eigenvalue weighted by atomic mass is 10.2. The molecule has 1 aromatic heterocycles. The summed E-state index contributed by atoms with van der Waals surface area (Å²) < 4.78 is 1.74. The summed E-state index contributed by atoms with van der Waals surface area (Å²) in [7, 11) is 1.87. The first kappa shape index (κ1) is 13.6. The molecule has 3 rings (SSSR count). The Morgan fingerprint density at radius 2 is 2.15 bits per heavy atom. The van der Waals surface area contributed by atoms with Crippen LogP contribution in [0.4, 0.5) is 0 Å². The molecule has 1 amide bonds. The average molecular weight is 277 g/mol. The molecule has 2 N–H and O–H groups in total. The number of likely N-dealkylation sites (tertiary alicyclic amines) is 2. The van der Waals surface area contributed by atoms with Gasteiger partial charge in [-0.1, -0.05) is 0 Å². The molecule has 6 heteroatoms. The molecule has 0 spiro atoms. The molecule has 0 saturated carbocycles. The molecule has 3 heterocycles. The van der Waals surface area contributed by atoms with E-state index >= 15 is 0 Å². The molecule has 0 radical (unpaired) electrons. The zero-order valence-corrected chi connectivity index (χ0v) is 12.1. The van der Waals surface area contributed by atoms with Crippen LogP contribution in [0.2, 0.25) is 0 Å². The largest absolute Gasteiger partial charge is 0.337 e. The smallest absolute Gasteiger partial charge is 0.274 e. The van der Waals surface area contributed by atoms with Gasteiger partial charge in [-0.25, -0.2) is 0 Å². The van der Waals surface area contributed by atoms with Gasteiger partial charge in [-0.05, 0) is 19.3 Å². The van der Waals surface area contributed by atoms with Crippen molar-refractivity contribution in [3.8, 4) is 0 Å². The van der Waals surface area contributed by atoms with E-state index in [2.05, 4.69) is 10.00 Å². The molecule has 20 heavy (non-hydrogen) atoms. The Morgan fingerprint density at radius 3 is 2.80 bits per heavy atom. The van der Waals surface area contributed by atoms with Gasteiger partial charge in [-0.2, -0.15) is 5.10 Å². The van der Waals surface area contributed by atoms with Crippen molar-refractivity contribution in [3.05, 3.63) is 17.5 Å². The maximum Gasteiger partial charge on any atom is 0.274 e. The summed E-state index contributed by atoms with van der Waals surface area (Å²) in [6, 6.07) is 0.268. The highest BCUT2D eigenvalue weighted by Crippen LogP contribution is 2.18. The van der Waals surface area contributed by atoms with E-state index < -0.39 is 0 Å². The van der Waals surface area contributed by atoms with E-state index in [1.54, 1.807) is 4.68 Å². The van der Waals surface area contributed by atoms with Gasteiger partial charge in [0, 0.05) is 57.6 Å². The summed E-state index contributed by atoms with van der Waals surface area (Å²) in [5, 5.41) is 4.38. The van der Waals surface area contributed by atoms with Crippen molar-refractivity contribution < 1.29 is 4.79 Å². The Balaban J connectivity index is 1.75. The Labute approximate surface area is 119 Å². The highest BCUT2D eigenvalue weighted by Gasteiger charge is 2.27. The quantitative estimate of drug-likeness (QED) is 0.856. The van der Waals surface area contributed by atoms with Gasteiger partial charge >= 0.3 is 0 Å². The van der Waals surface area contributed by atoms with Gasteiger partial charge in [0.15, 0.2) is 5.69 Å². The Hall–Kier alpha value is -1.40. The molecule has 1 atom stereocenters. The first-order valence-electron chi connectivity index (χ1n) is 7.43. The summed E-state index contributed by atoms with van der Waals surface area (Å²) in [6.07, 6.45) is 5.21. The van der Waals surface area contributed by atoms with E-state index in [0.29, 0.717) is 5.69 Å². The van der Waals surface area contributed by atoms with Crippen molar-refractivity contribution >= 4 is 5.91 Å². The lowest BCUT2D eigenvalue weighted by Gasteiger charge is -2.17. The van der Waals surface area contributed by atoms with Crippen molar-refractivity contribution in [1.29, 1.82) is 0 Å². The van der Waals surface area contributed by atoms with E-state index in [1.165, 1.54) is 0 Å². The Morgan fingerprint density at radius 1 is 1.40 bits per heavy atom. The van der Waals surface area contributed by atoms with Crippen LogP contribution in [0.15, 0.2) is 6.20 Å². The van der Waals surface area contributed by atoms with Crippen LogP contribution in [0.3, 0.4) is 0 Å². The van der Waals surface area contributed by atoms with E-state index in [-0.39, 0.29) is 11.9 Å². The second-order valence-electron chi connectivity index (χ2n) is 5.96. The fourth-order valence-corrected chi connectivity index (χ4v) is 3.15. The number of carbonyl (C=O) groups is 1. The number of hydrogen-bond acceptors (Lipinski definition) is 4. The molecule has 2 aliphatic heterocycles. The molecule has 0 bridgehead atoms. The first-order valence-corrected chi connectivity index (χ1v) is 7.43. The molecule has 0 aliphatic carbocycles. The molecule has 6 nitrogen and oxygen atoms in total. The lowest BCUT2D eigenvalue weighted by Crippen LogP contribution is -2.30. The average Bonchev–Trinajstić information content (AvgIpc) is 3.11. The lowest BCUT2D eigenvalue weighted by molar-refractivity contribution is 0.0784. The van der Waals surface area contributed by atoms with Crippen LogP contribution in [0.1, 0.15) is 35.3 Å². The van der Waals surface area contributed by atoms with Gasteiger partial charge in [0.1, 0.15) is 0 Å². The van der Waals surface area contributed by atoms with Crippen molar-refractivity contribution in [2.75, 3.05) is 26.2 Å². The molecule has 2 aliphatic rings. The fourth-order valence-electron chi connectivity index (χ4n) is 3.15. The van der Waals surface area contributed by atoms with E-state index in [1.807, 2.05) is 18.1 Å². The summed E-state index contributed by atoms with van der Waals surface area (Å²) in [5.74, 6) is 0.0848. The monoisotopic (exact) mass is 277 g/mol. The number of nitrogens with zero attached hydrogens (tertiary/aromatic N) is 4. The van der Waals surface area contributed by atoms with Crippen LogP contribution in [0.25, 0.3) is 0 Å². The van der Waals surface area contributed by atoms with Gasteiger partial charge < -0.3 is 10.6 Å². The number of carbonyl (C=O) groups excluding carboxylic acids is 1. The zero-order valence-electron chi connectivity index (χ0n) is 12.1. The van der Waals surface area contributed by atoms with E-state index in [4.69, 9.17) is 5.73 Å². The topological polar surface area (TPSA) is 67.4 Å². The minimum absolute atomic E-state index is 0.0848. The van der Waals surface area contributed by atoms with Crippen molar-refractivity contribution in [1.82, 2.24) is 19.6 Å². The van der Waals surface area contributed by atoms with E-state index in [9.17, 15) is 4.79 Å². The first-order chi connectivity index (χ1) is 9.63. The Kier molecular flexibility index (Phi) is 3.76. The van der Waals surface area contributed by atoms with Crippen LogP contribution < -0.4 is 5.73 Å². The summed E-state index contributed by atoms with van der Waals surface area (Å²) in [4.78, 5) is 16.8. The summed E-state index contributed by atoms with van der Waals surface area (Å²) in [5.41, 5.74) is 7.59. The minimum Gasteiger partial charge on any atom is -0.337 e. The molecular weight excluding hydrogens is 254 g/mol. The number of amides is 1. The van der Waals surface area contributed by atoms with Gasteiger partial charge in [-0.3, -0.25) is 14.4 Å². The van der Waals surface area contributed by atoms with Gasteiger partial charge in [0.2, 0.25) is 0 Å². The molecule has 110 valence electrons. The molecule has 2 saturated heterocycles. The minimum atomic E-state index is 0.0848. The second-order valence-corrected chi connectivity index (χ2v) is 5.96. The maximum atomic E-state index is 12.5. The fraction of sp³-hybridized carbons (Fsp3) is 0.714. The normalized spacial score (nSPS) is 23.7. The number of nitrogens with two attached hydrogens (primary N) is 1. The molecule has 0 aromatic carbocycles. The van der Waals surface area contributed by atoms with Crippen LogP contribution in [0, 0.1) is 0 Å². The highest BCUT2D eigenvalue weighted by molar-refractivity contribution is 5.93. The van der Waals surface area contributed by atoms with Crippen molar-refractivity contribution in [3.63, 3.8) is 0 Å². The van der Waals surface area contributed by atoms with Crippen LogP contribution in [-0.4, -0.2) is 57.7 Å². The number of aryl methyl sites for hydroxylation is 1. The molecular formula is C14H23N5O. The predicted octanol–water partition coefficient (Wildman–Crippen LogP) is 0.189. The van der Waals surface area contributed by atoms with Crippen molar-refractivity contribution in [2.45, 2.75) is 31.8 Å². The third-order valence-corrected chi connectivity index (χ3v) is 4.20. The summed E-state index contributed by atoms with van der Waals surface area (Å²) >= 11 is 0. The molecule has 2 fully saturated rings. The van der Waals surface area contributed by atoms with Crippen molar-refractivity contribution in [2.24, 2.45) is 12.8 Å². The van der Waals surface area contributed by atoms with Crippen LogP contribution in [-0.2, 0) is 13.6 Å². The standard InChI is InChI=1S/C14H23N5O/c1-17-8-11(9-18-7-4-12(15)10-18)13(16-17)14(20)19-5-2-3-6-19/h8,12H,2-7,9-10,15H2,1H3. The summed E-state index contributed by atoms with van der Waals surface area (Å²) in [6.45, 7) is 4.42. The molecule has 1 aromatic rings. The van der Waals surface area contributed by atoms with Gasteiger partial charge in [0.05, 0.1) is 0 Å². The third kappa shape index (κ3) is 2.71. The van der Waals surface area contributed by atoms with E-state index in [0.717, 1.165) is 57.5 Å². The number of rotatable bonds is 3. The molecule has 1 unspecified atom stereocenters. The third-order valence-electron chi connectivity index (χ3n) is 4.20. The predicted molar refractivity (Wildman–Crippen MR) is 76.2 cm³/mol. The second kappa shape index (κ2) is 5.54. The zero-order chi connectivity index (χ0) is 14.1. The Bertz CT molecular complexity index is 492. The van der Waals surface area contributed by atoms with Crippen LogP contribution >= 0.6 is 0 Å². The SMILES string of the molecule is Cn1cc(CN2CCC(N)C2)c(C(=O)N2CCCC2)n1. The number of aromatic nitrogens is 2. The van der Waals surface area contributed by atoms with Gasteiger partial charge in [-0.15, -0.1) is 0 Å². The van der Waals surface area contributed by atoms with Gasteiger partial charge in [0.25, 0.3) is 5.91 Å². The highest BCUT2D eigenvalue weighted by atomic mass is 16.2. The maximum absolute atomic E-state index is 12.5.